The summed E-state index contributed by atoms with van der Waals surface area (Å²) in [5.74, 6) is 0.449. The molecular weight excluding hydrogens is 432 g/mol. The monoisotopic (exact) mass is 462 g/mol. The summed E-state index contributed by atoms with van der Waals surface area (Å²) >= 11 is 2.85. The highest BCUT2D eigenvalue weighted by molar-refractivity contribution is 8.01. The van der Waals surface area contributed by atoms with E-state index >= 15 is 0 Å². The molecule has 2 N–H and O–H groups in total. The van der Waals surface area contributed by atoms with Crippen LogP contribution in [0.2, 0.25) is 0 Å². The first-order valence-corrected chi connectivity index (χ1v) is 12.1. The topological polar surface area (TPSA) is 90.5 Å². The summed E-state index contributed by atoms with van der Waals surface area (Å²) in [4.78, 5) is 28.6. The van der Waals surface area contributed by atoms with E-state index in [0.717, 1.165) is 10.0 Å². The molecule has 0 aliphatic carbocycles. The molecule has 1 aromatic carbocycles. The van der Waals surface area contributed by atoms with E-state index < -0.39 is 0 Å². The Balaban J connectivity index is 1.40. The number of piperazine rings is 1. The van der Waals surface area contributed by atoms with Crippen LogP contribution in [0.4, 0.5) is 10.8 Å². The van der Waals surface area contributed by atoms with Crippen molar-refractivity contribution in [3.05, 3.63) is 29.8 Å². The zero-order valence-electron chi connectivity index (χ0n) is 18.5. The summed E-state index contributed by atoms with van der Waals surface area (Å²) in [6.45, 7) is 11.0. The molecule has 2 heterocycles. The second-order valence-corrected chi connectivity index (χ2v) is 10.8. The molecule has 0 radical (unpaired) electrons. The van der Waals surface area contributed by atoms with Crippen LogP contribution in [0.3, 0.4) is 0 Å². The van der Waals surface area contributed by atoms with E-state index in [-0.39, 0.29) is 17.4 Å². The van der Waals surface area contributed by atoms with Crippen molar-refractivity contribution in [3.8, 4) is 0 Å². The lowest BCUT2D eigenvalue weighted by Crippen LogP contribution is -2.53. The lowest BCUT2D eigenvalue weighted by molar-refractivity contribution is -0.130. The highest BCUT2D eigenvalue weighted by Crippen LogP contribution is 2.28. The Labute approximate surface area is 191 Å². The second-order valence-electron chi connectivity index (χ2n) is 8.61. The fraction of sp³-hybridized carbons (Fsp3) is 0.524. The molecule has 0 saturated carbocycles. The van der Waals surface area contributed by atoms with Crippen molar-refractivity contribution in [1.82, 2.24) is 25.3 Å². The van der Waals surface area contributed by atoms with Gasteiger partial charge in [-0.15, -0.1) is 10.2 Å². The highest BCUT2D eigenvalue weighted by atomic mass is 32.2. The van der Waals surface area contributed by atoms with Gasteiger partial charge in [0.1, 0.15) is 0 Å². The number of nitrogens with one attached hydrogen (secondary N) is 2. The first-order chi connectivity index (χ1) is 14.7. The smallest absolute Gasteiger partial charge is 0.234 e. The number of benzene rings is 1. The minimum Gasteiger partial charge on any atom is -0.350 e. The zero-order valence-corrected chi connectivity index (χ0v) is 20.1. The van der Waals surface area contributed by atoms with Gasteiger partial charge in [0.25, 0.3) is 0 Å². The molecular formula is C21H30N6O2S2. The number of anilines is 2. The SMILES string of the molecule is Cc1cccc(Nc2nnc(SCC(=O)N3CCN(CC(=O)NC(C)(C)C)CC3)s2)c1. The number of nitrogens with zero attached hydrogens (tertiary/aromatic N) is 4. The van der Waals surface area contributed by atoms with Crippen molar-refractivity contribution < 1.29 is 9.59 Å². The molecule has 0 bridgehead atoms. The number of hydrogen-bond acceptors (Lipinski definition) is 8. The molecule has 1 saturated heterocycles. The number of hydrogen-bond donors (Lipinski definition) is 2. The van der Waals surface area contributed by atoms with Crippen LogP contribution >= 0.6 is 23.1 Å². The van der Waals surface area contributed by atoms with Gasteiger partial charge in [-0.25, -0.2) is 0 Å². The summed E-state index contributed by atoms with van der Waals surface area (Å²) in [5.41, 5.74) is 1.91. The van der Waals surface area contributed by atoms with Gasteiger partial charge in [0.15, 0.2) is 4.34 Å². The molecule has 2 amide bonds. The van der Waals surface area contributed by atoms with E-state index in [1.807, 2.05) is 56.9 Å². The van der Waals surface area contributed by atoms with Gasteiger partial charge in [-0.3, -0.25) is 14.5 Å². The average Bonchev–Trinajstić information content (AvgIpc) is 3.12. The van der Waals surface area contributed by atoms with E-state index in [1.54, 1.807) is 0 Å². The number of aromatic nitrogens is 2. The standard InChI is InChI=1S/C21H30N6O2S2/c1-15-6-5-7-16(12-15)22-19-24-25-20(31-19)30-14-18(29)27-10-8-26(9-11-27)13-17(28)23-21(2,3)4/h5-7,12H,8-11,13-14H2,1-4H3,(H,22,24)(H,23,28). The van der Waals surface area contributed by atoms with Crippen LogP contribution in [0.25, 0.3) is 0 Å². The molecule has 1 fully saturated rings. The molecule has 1 aliphatic rings. The van der Waals surface area contributed by atoms with Gasteiger partial charge in [0.05, 0.1) is 12.3 Å². The van der Waals surface area contributed by atoms with Gasteiger partial charge >= 0.3 is 0 Å². The first kappa shape index (κ1) is 23.5. The second kappa shape index (κ2) is 10.4. The number of carbonyl (C=O) groups is 2. The molecule has 0 atom stereocenters. The third-order valence-corrected chi connectivity index (χ3v) is 6.56. The molecule has 3 rings (SSSR count). The van der Waals surface area contributed by atoms with Crippen molar-refractivity contribution in [2.75, 3.05) is 43.8 Å². The molecule has 0 spiro atoms. The van der Waals surface area contributed by atoms with Gasteiger partial charge in [-0.2, -0.15) is 0 Å². The lowest BCUT2D eigenvalue weighted by Gasteiger charge is -2.34. The Kier molecular flexibility index (Phi) is 7.90. The predicted octanol–water partition coefficient (Wildman–Crippen LogP) is 2.74. The van der Waals surface area contributed by atoms with Crippen LogP contribution in [-0.4, -0.2) is 75.8 Å². The summed E-state index contributed by atoms with van der Waals surface area (Å²) in [7, 11) is 0. The fourth-order valence-corrected chi connectivity index (χ4v) is 4.87. The molecule has 8 nitrogen and oxygen atoms in total. The minimum atomic E-state index is -0.230. The average molecular weight is 463 g/mol. The van der Waals surface area contributed by atoms with Gasteiger partial charge in [0.2, 0.25) is 16.9 Å². The Morgan fingerprint density at radius 1 is 1.16 bits per heavy atom. The van der Waals surface area contributed by atoms with E-state index in [2.05, 4.69) is 25.7 Å². The van der Waals surface area contributed by atoms with E-state index in [9.17, 15) is 9.59 Å². The van der Waals surface area contributed by atoms with Crippen molar-refractivity contribution in [3.63, 3.8) is 0 Å². The number of aryl methyl sites for hydroxylation is 1. The Morgan fingerprint density at radius 2 is 1.90 bits per heavy atom. The maximum atomic E-state index is 12.6. The number of rotatable bonds is 7. The van der Waals surface area contributed by atoms with Gasteiger partial charge in [-0.1, -0.05) is 35.2 Å². The molecule has 0 unspecified atom stereocenters. The van der Waals surface area contributed by atoms with Gasteiger partial charge in [0, 0.05) is 37.4 Å². The minimum absolute atomic E-state index is 0.0224. The van der Waals surface area contributed by atoms with Crippen molar-refractivity contribution in [1.29, 1.82) is 0 Å². The van der Waals surface area contributed by atoms with Crippen molar-refractivity contribution in [2.45, 2.75) is 37.6 Å². The lowest BCUT2D eigenvalue weighted by atomic mass is 10.1. The van der Waals surface area contributed by atoms with Crippen LogP contribution in [0.5, 0.6) is 0 Å². The van der Waals surface area contributed by atoms with Gasteiger partial charge < -0.3 is 15.5 Å². The quantitative estimate of drug-likeness (QED) is 0.612. The van der Waals surface area contributed by atoms with Crippen LogP contribution in [-0.2, 0) is 9.59 Å². The molecule has 168 valence electrons. The molecule has 10 heteroatoms. The number of amides is 2. The Bertz CT molecular complexity index is 903. The first-order valence-electron chi connectivity index (χ1n) is 10.3. The number of carbonyl (C=O) groups excluding carboxylic acids is 2. The third-order valence-electron chi connectivity index (χ3n) is 4.60. The van der Waals surface area contributed by atoms with Gasteiger partial charge in [-0.05, 0) is 45.4 Å². The summed E-state index contributed by atoms with van der Waals surface area (Å²) in [5, 5.41) is 15.3. The van der Waals surface area contributed by atoms with Crippen LogP contribution < -0.4 is 10.6 Å². The maximum absolute atomic E-state index is 12.6. The van der Waals surface area contributed by atoms with Crippen LogP contribution in [0, 0.1) is 6.92 Å². The maximum Gasteiger partial charge on any atom is 0.234 e. The largest absolute Gasteiger partial charge is 0.350 e. The fourth-order valence-electron chi connectivity index (χ4n) is 3.20. The summed E-state index contributed by atoms with van der Waals surface area (Å²) in [6.07, 6.45) is 0. The van der Waals surface area contributed by atoms with E-state index in [1.165, 1.54) is 28.7 Å². The highest BCUT2D eigenvalue weighted by Gasteiger charge is 2.24. The Morgan fingerprint density at radius 3 is 2.58 bits per heavy atom. The van der Waals surface area contributed by atoms with Crippen molar-refractivity contribution >= 4 is 45.7 Å². The van der Waals surface area contributed by atoms with E-state index in [4.69, 9.17) is 0 Å². The molecule has 1 aromatic heterocycles. The normalized spacial score (nSPS) is 15.0. The van der Waals surface area contributed by atoms with Crippen LogP contribution in [0.15, 0.2) is 28.6 Å². The molecule has 2 aromatic rings. The molecule has 1 aliphatic heterocycles. The zero-order chi connectivity index (χ0) is 22.4. The summed E-state index contributed by atoms with van der Waals surface area (Å²) < 4.78 is 0.765. The van der Waals surface area contributed by atoms with Crippen LogP contribution in [0.1, 0.15) is 26.3 Å². The Hall–Kier alpha value is -2.17. The van der Waals surface area contributed by atoms with Crippen molar-refractivity contribution in [2.24, 2.45) is 0 Å². The molecule has 31 heavy (non-hydrogen) atoms. The van der Waals surface area contributed by atoms with E-state index in [0.29, 0.717) is 43.6 Å². The number of thioether (sulfide) groups is 1. The summed E-state index contributed by atoms with van der Waals surface area (Å²) in [6, 6.07) is 8.06. The third kappa shape index (κ3) is 7.79. The predicted molar refractivity (Wildman–Crippen MR) is 126 cm³/mol.